The largest absolute Gasteiger partial charge is 0.351 e. The number of amides is 1. The number of hydrogen-bond acceptors (Lipinski definition) is 7. The summed E-state index contributed by atoms with van der Waals surface area (Å²) in [6, 6.07) is 11.4. The molecule has 28 heavy (non-hydrogen) atoms. The highest BCUT2D eigenvalue weighted by Crippen LogP contribution is 2.22. The number of benzene rings is 1. The highest BCUT2D eigenvalue weighted by atomic mass is 32.1. The predicted molar refractivity (Wildman–Crippen MR) is 109 cm³/mol. The van der Waals surface area contributed by atoms with Gasteiger partial charge in [-0.25, -0.2) is 4.98 Å². The van der Waals surface area contributed by atoms with Crippen LogP contribution >= 0.6 is 11.3 Å². The molecule has 1 saturated heterocycles. The van der Waals surface area contributed by atoms with Crippen LogP contribution in [0, 0.1) is 6.92 Å². The second-order valence-corrected chi connectivity index (χ2v) is 7.77. The minimum Gasteiger partial charge on any atom is -0.351 e. The molecule has 3 heterocycles. The monoisotopic (exact) mass is 398 g/mol. The second-order valence-electron chi connectivity index (χ2n) is 6.84. The van der Waals surface area contributed by atoms with Crippen molar-refractivity contribution in [2.45, 2.75) is 13.5 Å². The van der Waals surface area contributed by atoms with Gasteiger partial charge in [-0.2, -0.15) is 4.52 Å². The molecule has 0 unspecified atom stereocenters. The van der Waals surface area contributed by atoms with Gasteiger partial charge in [-0.15, -0.1) is 5.10 Å². The number of anilines is 1. The van der Waals surface area contributed by atoms with Gasteiger partial charge >= 0.3 is 0 Å². The van der Waals surface area contributed by atoms with E-state index in [1.807, 2.05) is 37.3 Å². The quantitative estimate of drug-likeness (QED) is 0.688. The van der Waals surface area contributed by atoms with Crippen molar-refractivity contribution in [3.05, 3.63) is 58.0 Å². The van der Waals surface area contributed by atoms with Crippen molar-refractivity contribution in [1.29, 1.82) is 0 Å². The molecule has 0 radical (unpaired) electrons. The Hall–Kier alpha value is -2.78. The fourth-order valence-corrected chi connectivity index (χ4v) is 4.20. The third kappa shape index (κ3) is 4.20. The van der Waals surface area contributed by atoms with E-state index in [1.54, 1.807) is 0 Å². The molecule has 1 aliphatic rings. The lowest BCUT2D eigenvalue weighted by atomic mass is 10.2. The van der Waals surface area contributed by atoms with Crippen LogP contribution in [0.1, 0.15) is 11.3 Å². The predicted octanol–water partition coefficient (Wildman–Crippen LogP) is 0.898. The average molecular weight is 398 g/mol. The Balaban J connectivity index is 1.30. The summed E-state index contributed by atoms with van der Waals surface area (Å²) >= 11 is 1.42. The molecular formula is C19H22N6O2S. The molecule has 0 atom stereocenters. The maximum atomic E-state index is 12.2. The van der Waals surface area contributed by atoms with E-state index in [9.17, 15) is 9.59 Å². The average Bonchev–Trinajstić information content (AvgIpc) is 3.12. The number of nitrogens with zero attached hydrogens (tertiary/aromatic N) is 5. The molecule has 4 rings (SSSR count). The molecule has 1 amide bonds. The van der Waals surface area contributed by atoms with Crippen LogP contribution in [0.25, 0.3) is 4.96 Å². The molecule has 0 saturated carbocycles. The molecule has 146 valence electrons. The molecule has 2 aromatic heterocycles. The van der Waals surface area contributed by atoms with Gasteiger partial charge in [0.25, 0.3) is 5.56 Å². The molecule has 1 aromatic carbocycles. The number of piperazine rings is 1. The summed E-state index contributed by atoms with van der Waals surface area (Å²) in [5, 5.41) is 8.18. The lowest BCUT2D eigenvalue weighted by molar-refractivity contribution is -0.122. The molecule has 1 N–H and O–H groups in total. The highest BCUT2D eigenvalue weighted by Gasteiger charge is 2.22. The van der Waals surface area contributed by atoms with Gasteiger partial charge in [0.05, 0.1) is 6.54 Å². The van der Waals surface area contributed by atoms with Crippen LogP contribution in [0.4, 0.5) is 5.13 Å². The minimum absolute atomic E-state index is 0.0310. The van der Waals surface area contributed by atoms with Crippen molar-refractivity contribution in [3.8, 4) is 0 Å². The van der Waals surface area contributed by atoms with Crippen LogP contribution in [0.3, 0.4) is 0 Å². The Bertz CT molecular complexity index is 1020. The summed E-state index contributed by atoms with van der Waals surface area (Å²) in [5.41, 5.74) is 1.64. The van der Waals surface area contributed by atoms with Crippen LogP contribution in [0.2, 0.25) is 0 Å². The van der Waals surface area contributed by atoms with Crippen molar-refractivity contribution in [2.24, 2.45) is 0 Å². The number of rotatable bonds is 5. The molecule has 0 spiro atoms. The molecule has 0 bridgehead atoms. The number of carbonyl (C=O) groups excluding carboxylic acids is 1. The van der Waals surface area contributed by atoms with Gasteiger partial charge in [0, 0.05) is 44.5 Å². The van der Waals surface area contributed by atoms with E-state index in [0.717, 1.165) is 36.9 Å². The normalized spacial score (nSPS) is 15.1. The molecular weight excluding hydrogens is 376 g/mol. The van der Waals surface area contributed by atoms with Crippen LogP contribution in [0.5, 0.6) is 0 Å². The van der Waals surface area contributed by atoms with Crippen LogP contribution in [0.15, 0.2) is 41.2 Å². The Morgan fingerprint density at radius 1 is 1.18 bits per heavy atom. The first-order valence-electron chi connectivity index (χ1n) is 9.24. The van der Waals surface area contributed by atoms with Gasteiger partial charge in [-0.3, -0.25) is 14.5 Å². The van der Waals surface area contributed by atoms with Crippen molar-refractivity contribution in [3.63, 3.8) is 0 Å². The van der Waals surface area contributed by atoms with Gasteiger partial charge in [0.2, 0.25) is 16.0 Å². The van der Waals surface area contributed by atoms with Crippen molar-refractivity contribution >= 4 is 27.3 Å². The van der Waals surface area contributed by atoms with Gasteiger partial charge in [-0.1, -0.05) is 41.7 Å². The van der Waals surface area contributed by atoms with Gasteiger partial charge in [0.15, 0.2) is 0 Å². The minimum atomic E-state index is -0.154. The van der Waals surface area contributed by atoms with E-state index in [4.69, 9.17) is 0 Å². The molecule has 3 aromatic rings. The second kappa shape index (κ2) is 8.07. The molecule has 8 nitrogen and oxygen atoms in total. The Morgan fingerprint density at radius 3 is 2.68 bits per heavy atom. The summed E-state index contributed by atoms with van der Waals surface area (Å²) in [4.78, 5) is 33.5. The van der Waals surface area contributed by atoms with E-state index in [0.29, 0.717) is 23.7 Å². The first-order chi connectivity index (χ1) is 13.6. The Kier molecular flexibility index (Phi) is 5.36. The van der Waals surface area contributed by atoms with E-state index < -0.39 is 0 Å². The molecule has 9 heteroatoms. The zero-order chi connectivity index (χ0) is 19.5. The van der Waals surface area contributed by atoms with Gasteiger partial charge in [0.1, 0.15) is 0 Å². The third-order valence-electron chi connectivity index (χ3n) is 4.70. The van der Waals surface area contributed by atoms with Crippen molar-refractivity contribution in [2.75, 3.05) is 37.6 Å². The van der Waals surface area contributed by atoms with Crippen LogP contribution < -0.4 is 15.8 Å². The number of fused-ring (bicyclic) bond motifs is 1. The summed E-state index contributed by atoms with van der Waals surface area (Å²) < 4.78 is 1.36. The fourth-order valence-electron chi connectivity index (χ4n) is 3.19. The van der Waals surface area contributed by atoms with E-state index in [2.05, 4.69) is 25.2 Å². The smallest absolute Gasteiger partial charge is 0.275 e. The van der Waals surface area contributed by atoms with E-state index >= 15 is 0 Å². The van der Waals surface area contributed by atoms with Gasteiger partial charge < -0.3 is 10.2 Å². The molecule has 1 aliphatic heterocycles. The standard InChI is InChI=1S/C19H22N6O2S/c1-14-11-17(27)25-18(21-14)28-19(22-25)24-9-7-23(8-10-24)13-16(26)20-12-15-5-3-2-4-6-15/h2-6,11H,7-10,12-13H2,1H3,(H,20,26). The van der Waals surface area contributed by atoms with Crippen LogP contribution in [-0.2, 0) is 11.3 Å². The Labute approximate surface area is 166 Å². The molecule has 1 fully saturated rings. The number of aromatic nitrogens is 3. The lowest BCUT2D eigenvalue weighted by Gasteiger charge is -2.33. The number of hydrogen-bond donors (Lipinski definition) is 1. The first kappa shape index (κ1) is 18.6. The zero-order valence-electron chi connectivity index (χ0n) is 15.7. The molecule has 0 aliphatic carbocycles. The number of carbonyl (C=O) groups is 1. The van der Waals surface area contributed by atoms with Crippen molar-refractivity contribution < 1.29 is 4.79 Å². The number of nitrogens with one attached hydrogen (secondary N) is 1. The van der Waals surface area contributed by atoms with Crippen LogP contribution in [-0.4, -0.2) is 58.1 Å². The van der Waals surface area contributed by atoms with Gasteiger partial charge in [-0.05, 0) is 12.5 Å². The maximum Gasteiger partial charge on any atom is 0.275 e. The van der Waals surface area contributed by atoms with E-state index in [1.165, 1.54) is 21.9 Å². The SMILES string of the molecule is Cc1cc(=O)n2nc(N3CCN(CC(=O)NCc4ccccc4)CC3)sc2n1. The first-order valence-corrected chi connectivity index (χ1v) is 10.1. The summed E-state index contributed by atoms with van der Waals surface area (Å²) in [6.07, 6.45) is 0. The highest BCUT2D eigenvalue weighted by molar-refractivity contribution is 7.20. The third-order valence-corrected chi connectivity index (χ3v) is 5.67. The number of aryl methyl sites for hydroxylation is 1. The maximum absolute atomic E-state index is 12.2. The summed E-state index contributed by atoms with van der Waals surface area (Å²) in [6.45, 7) is 5.82. The summed E-state index contributed by atoms with van der Waals surface area (Å²) in [5.74, 6) is 0.0310. The summed E-state index contributed by atoms with van der Waals surface area (Å²) in [7, 11) is 0. The van der Waals surface area contributed by atoms with E-state index in [-0.39, 0.29) is 11.5 Å². The Morgan fingerprint density at radius 2 is 1.93 bits per heavy atom. The lowest BCUT2D eigenvalue weighted by Crippen LogP contribution is -2.49. The van der Waals surface area contributed by atoms with Crippen molar-refractivity contribution in [1.82, 2.24) is 24.8 Å². The fraction of sp³-hybridized carbons (Fsp3) is 0.368. The topological polar surface area (TPSA) is 82.8 Å². The zero-order valence-corrected chi connectivity index (χ0v) is 16.5.